The van der Waals surface area contributed by atoms with Crippen molar-refractivity contribution in [3.63, 3.8) is 0 Å². The van der Waals surface area contributed by atoms with E-state index in [1.807, 2.05) is 50.2 Å². The van der Waals surface area contributed by atoms with Crippen LogP contribution in [0.15, 0.2) is 54.1 Å². The number of aliphatic hydroxyl groups excluding tert-OH is 1. The highest BCUT2D eigenvalue weighted by atomic mass is 16.5. The van der Waals surface area contributed by atoms with Crippen molar-refractivity contribution >= 4 is 23.1 Å². The Hall–Kier alpha value is -3.28. The Morgan fingerprint density at radius 1 is 1.00 bits per heavy atom. The van der Waals surface area contributed by atoms with Crippen LogP contribution in [0.2, 0.25) is 0 Å². The molecule has 6 nitrogen and oxygen atoms in total. The molecule has 0 aromatic heterocycles. The summed E-state index contributed by atoms with van der Waals surface area (Å²) in [6, 6.07) is 14.0. The van der Waals surface area contributed by atoms with E-state index in [0.29, 0.717) is 24.5 Å². The van der Waals surface area contributed by atoms with Gasteiger partial charge in [0.2, 0.25) is 0 Å². The van der Waals surface area contributed by atoms with Gasteiger partial charge >= 0.3 is 0 Å². The molecule has 1 heterocycles. The van der Waals surface area contributed by atoms with Crippen molar-refractivity contribution in [1.29, 1.82) is 0 Å². The molecular formula is C26H32N2O4. The number of carbonyl (C=O) groups is 2. The molecule has 1 amide bonds. The van der Waals surface area contributed by atoms with Crippen molar-refractivity contribution in [2.24, 2.45) is 0 Å². The van der Waals surface area contributed by atoms with Crippen LogP contribution >= 0.6 is 0 Å². The molecule has 0 bridgehead atoms. The largest absolute Gasteiger partial charge is 0.507 e. The van der Waals surface area contributed by atoms with Gasteiger partial charge in [-0.3, -0.25) is 9.59 Å². The zero-order valence-corrected chi connectivity index (χ0v) is 19.3. The summed E-state index contributed by atoms with van der Waals surface area (Å²) in [4.78, 5) is 29.6. The molecule has 3 rings (SSSR count). The van der Waals surface area contributed by atoms with E-state index in [0.717, 1.165) is 30.5 Å². The maximum Gasteiger partial charge on any atom is 0.295 e. The lowest BCUT2D eigenvalue weighted by atomic mass is 9.95. The number of hydrogen-bond acceptors (Lipinski definition) is 5. The first-order valence-corrected chi connectivity index (χ1v) is 11.2. The first kappa shape index (κ1) is 23.4. The third-order valence-electron chi connectivity index (χ3n) is 5.71. The number of likely N-dealkylation sites (tertiary alicyclic amines) is 1. The second-order valence-corrected chi connectivity index (χ2v) is 8.14. The number of ketones is 1. The molecule has 2 aromatic carbocycles. The Kier molecular flexibility index (Phi) is 7.57. The van der Waals surface area contributed by atoms with Gasteiger partial charge in [0.15, 0.2) is 0 Å². The number of hydrogen-bond donors (Lipinski definition) is 1. The van der Waals surface area contributed by atoms with Gasteiger partial charge in [0, 0.05) is 31.9 Å². The van der Waals surface area contributed by atoms with Gasteiger partial charge in [0.1, 0.15) is 11.5 Å². The second kappa shape index (κ2) is 10.4. The number of benzene rings is 2. The Bertz CT molecular complexity index is 978. The van der Waals surface area contributed by atoms with Crippen molar-refractivity contribution in [2.45, 2.75) is 39.2 Å². The van der Waals surface area contributed by atoms with Crippen molar-refractivity contribution in [3.05, 3.63) is 65.2 Å². The summed E-state index contributed by atoms with van der Waals surface area (Å²) in [5.74, 6) is -0.684. The van der Waals surface area contributed by atoms with Gasteiger partial charge in [-0.15, -0.1) is 0 Å². The molecule has 0 spiro atoms. The predicted molar refractivity (Wildman–Crippen MR) is 127 cm³/mol. The van der Waals surface area contributed by atoms with Crippen LogP contribution in [0.1, 0.15) is 50.3 Å². The van der Waals surface area contributed by atoms with E-state index in [4.69, 9.17) is 4.74 Å². The number of amides is 1. The van der Waals surface area contributed by atoms with Crippen LogP contribution in [-0.4, -0.2) is 48.9 Å². The van der Waals surface area contributed by atoms with E-state index >= 15 is 0 Å². The van der Waals surface area contributed by atoms with Crippen LogP contribution in [-0.2, 0) is 9.59 Å². The fourth-order valence-corrected chi connectivity index (χ4v) is 3.98. The minimum atomic E-state index is -0.644. The number of carbonyl (C=O) groups excluding carboxylic acids is 2. The van der Waals surface area contributed by atoms with E-state index < -0.39 is 17.7 Å². The average molecular weight is 437 g/mol. The molecule has 1 unspecified atom stereocenters. The number of Topliss-reactive ketones (excluding diaryl/α,β-unsaturated/α-hetero) is 1. The van der Waals surface area contributed by atoms with Crippen molar-refractivity contribution in [2.75, 3.05) is 32.1 Å². The summed E-state index contributed by atoms with van der Waals surface area (Å²) < 4.78 is 5.47. The number of ether oxygens (including phenoxy) is 1. The van der Waals surface area contributed by atoms with Gasteiger partial charge in [-0.2, -0.15) is 0 Å². The molecule has 32 heavy (non-hydrogen) atoms. The molecular weight excluding hydrogens is 404 g/mol. The van der Waals surface area contributed by atoms with Crippen LogP contribution in [0.5, 0.6) is 5.75 Å². The summed E-state index contributed by atoms with van der Waals surface area (Å²) in [7, 11) is 3.91. The Labute approximate surface area is 190 Å². The molecule has 170 valence electrons. The van der Waals surface area contributed by atoms with Gasteiger partial charge in [0.05, 0.1) is 18.2 Å². The third-order valence-corrected chi connectivity index (χ3v) is 5.71. The minimum absolute atomic E-state index is 0.133. The zero-order valence-electron chi connectivity index (χ0n) is 19.3. The van der Waals surface area contributed by atoms with Gasteiger partial charge in [0.25, 0.3) is 11.7 Å². The molecule has 1 N–H and O–H groups in total. The number of aliphatic hydroxyl groups is 1. The molecule has 1 saturated heterocycles. The highest BCUT2D eigenvalue weighted by Crippen LogP contribution is 2.40. The van der Waals surface area contributed by atoms with Crippen LogP contribution in [0.3, 0.4) is 0 Å². The molecule has 2 aromatic rings. The molecule has 1 aliphatic heterocycles. The van der Waals surface area contributed by atoms with E-state index in [1.165, 1.54) is 0 Å². The van der Waals surface area contributed by atoms with E-state index in [9.17, 15) is 14.7 Å². The van der Waals surface area contributed by atoms with E-state index in [-0.39, 0.29) is 11.3 Å². The molecule has 1 atom stereocenters. The summed E-state index contributed by atoms with van der Waals surface area (Å²) >= 11 is 0. The topological polar surface area (TPSA) is 70.1 Å². The lowest BCUT2D eigenvalue weighted by Gasteiger charge is -2.26. The Balaban J connectivity index is 2.06. The standard InChI is InChI=1S/C26H32N2O4/c1-5-7-8-17-28-23(18-9-13-20(14-10-18)27(3)4)22(25(30)26(28)31)24(29)19-11-15-21(16-12-19)32-6-2/h9-16,23,29H,5-8,17H2,1-4H3/b24-22-. The minimum Gasteiger partial charge on any atom is -0.507 e. The predicted octanol–water partition coefficient (Wildman–Crippen LogP) is 4.76. The maximum atomic E-state index is 13.0. The maximum absolute atomic E-state index is 13.0. The summed E-state index contributed by atoms with van der Waals surface area (Å²) in [5, 5.41) is 11.1. The quantitative estimate of drug-likeness (QED) is 0.266. The fraction of sp³-hybridized carbons (Fsp3) is 0.385. The molecule has 1 fully saturated rings. The Morgan fingerprint density at radius 2 is 1.66 bits per heavy atom. The van der Waals surface area contributed by atoms with Crippen molar-refractivity contribution in [1.82, 2.24) is 4.90 Å². The molecule has 0 saturated carbocycles. The summed E-state index contributed by atoms with van der Waals surface area (Å²) in [6.07, 6.45) is 2.78. The van der Waals surface area contributed by atoms with Crippen LogP contribution in [0, 0.1) is 0 Å². The van der Waals surface area contributed by atoms with Crippen LogP contribution < -0.4 is 9.64 Å². The molecule has 6 heteroatoms. The highest BCUT2D eigenvalue weighted by molar-refractivity contribution is 6.46. The number of anilines is 1. The van der Waals surface area contributed by atoms with Gasteiger partial charge in [-0.05, 0) is 55.3 Å². The lowest BCUT2D eigenvalue weighted by Crippen LogP contribution is -2.30. The first-order chi connectivity index (χ1) is 15.4. The number of rotatable bonds is 9. The summed E-state index contributed by atoms with van der Waals surface area (Å²) in [6.45, 7) is 5.00. The van der Waals surface area contributed by atoms with E-state index in [1.54, 1.807) is 29.2 Å². The smallest absolute Gasteiger partial charge is 0.295 e. The van der Waals surface area contributed by atoms with Crippen molar-refractivity contribution < 1.29 is 19.4 Å². The normalized spacial score (nSPS) is 17.6. The SMILES string of the molecule is CCCCCN1C(=O)C(=O)/C(=C(\O)c2ccc(OCC)cc2)C1c1ccc(N(C)C)cc1. The number of unbranched alkanes of at least 4 members (excludes halogenated alkanes) is 2. The van der Waals surface area contributed by atoms with E-state index in [2.05, 4.69) is 6.92 Å². The summed E-state index contributed by atoms with van der Waals surface area (Å²) in [5.41, 5.74) is 2.44. The second-order valence-electron chi connectivity index (χ2n) is 8.14. The highest BCUT2D eigenvalue weighted by Gasteiger charge is 2.45. The Morgan fingerprint density at radius 3 is 2.22 bits per heavy atom. The van der Waals surface area contributed by atoms with Crippen LogP contribution in [0.25, 0.3) is 5.76 Å². The zero-order chi connectivity index (χ0) is 23.3. The lowest BCUT2D eigenvalue weighted by molar-refractivity contribution is -0.139. The van der Waals surface area contributed by atoms with Gasteiger partial charge in [-0.25, -0.2) is 0 Å². The van der Waals surface area contributed by atoms with Gasteiger partial charge in [-0.1, -0.05) is 31.9 Å². The molecule has 0 aliphatic carbocycles. The third kappa shape index (κ3) is 4.79. The molecule has 1 aliphatic rings. The van der Waals surface area contributed by atoms with Crippen LogP contribution in [0.4, 0.5) is 5.69 Å². The number of nitrogens with zero attached hydrogens (tertiary/aromatic N) is 2. The van der Waals surface area contributed by atoms with Crippen molar-refractivity contribution in [3.8, 4) is 5.75 Å². The average Bonchev–Trinajstić information content (AvgIpc) is 3.04. The monoisotopic (exact) mass is 436 g/mol. The fourth-order valence-electron chi connectivity index (χ4n) is 3.98. The molecule has 0 radical (unpaired) electrons. The van der Waals surface area contributed by atoms with Gasteiger partial charge < -0.3 is 19.6 Å². The first-order valence-electron chi connectivity index (χ1n) is 11.2.